The predicted octanol–water partition coefficient (Wildman–Crippen LogP) is 4.30. The van der Waals surface area contributed by atoms with Crippen LogP contribution in [0.4, 0.5) is 17.5 Å². The molecule has 0 saturated heterocycles. The molecule has 26 heavy (non-hydrogen) atoms. The van der Waals surface area contributed by atoms with Gasteiger partial charge in [-0.2, -0.15) is 4.98 Å². The van der Waals surface area contributed by atoms with Gasteiger partial charge < -0.3 is 15.0 Å². The van der Waals surface area contributed by atoms with Crippen LogP contribution in [0.15, 0.2) is 66.9 Å². The Morgan fingerprint density at radius 3 is 2.65 bits per heavy atom. The molecule has 0 unspecified atom stereocenters. The number of methoxy groups -OCH3 is 1. The quantitative estimate of drug-likeness (QED) is 0.658. The van der Waals surface area contributed by atoms with E-state index in [1.165, 1.54) is 5.56 Å². The minimum Gasteiger partial charge on any atom is -0.497 e. The Labute approximate surface area is 154 Å². The lowest BCUT2D eigenvalue weighted by atomic mass is 10.1. The van der Waals surface area contributed by atoms with Gasteiger partial charge in [0.05, 0.1) is 7.11 Å². The highest BCUT2D eigenvalue weighted by Crippen LogP contribution is 2.23. The number of rotatable bonds is 8. The van der Waals surface area contributed by atoms with Gasteiger partial charge in [0.25, 0.3) is 0 Å². The number of anilines is 3. The molecule has 3 aromatic rings. The number of para-hydroxylation sites is 1. The highest BCUT2D eigenvalue weighted by atomic mass is 16.5. The van der Waals surface area contributed by atoms with Gasteiger partial charge in [-0.05, 0) is 49.2 Å². The third-order valence-corrected chi connectivity index (χ3v) is 4.13. The molecule has 0 aliphatic carbocycles. The van der Waals surface area contributed by atoms with Gasteiger partial charge in [-0.25, -0.2) is 4.98 Å². The third-order valence-electron chi connectivity index (χ3n) is 4.13. The van der Waals surface area contributed by atoms with Gasteiger partial charge in [0.2, 0.25) is 5.95 Å². The molecule has 0 aliphatic rings. The monoisotopic (exact) mass is 348 g/mol. The second-order valence-electron chi connectivity index (χ2n) is 5.85. The van der Waals surface area contributed by atoms with Gasteiger partial charge in [-0.3, -0.25) is 0 Å². The molecule has 134 valence electrons. The van der Waals surface area contributed by atoms with Crippen molar-refractivity contribution in [1.29, 1.82) is 0 Å². The molecule has 0 saturated carbocycles. The van der Waals surface area contributed by atoms with Crippen molar-refractivity contribution >= 4 is 17.5 Å². The Bertz CT molecular complexity index is 823. The smallest absolute Gasteiger partial charge is 0.224 e. The lowest BCUT2D eigenvalue weighted by Gasteiger charge is -2.22. The topological polar surface area (TPSA) is 50.3 Å². The largest absolute Gasteiger partial charge is 0.497 e. The van der Waals surface area contributed by atoms with E-state index in [0.717, 1.165) is 36.8 Å². The van der Waals surface area contributed by atoms with Crippen molar-refractivity contribution in [2.75, 3.05) is 30.4 Å². The van der Waals surface area contributed by atoms with E-state index in [0.29, 0.717) is 5.95 Å². The molecule has 0 bridgehead atoms. The molecule has 0 aliphatic heterocycles. The summed E-state index contributed by atoms with van der Waals surface area (Å²) in [6, 6.07) is 20.3. The summed E-state index contributed by atoms with van der Waals surface area (Å²) in [4.78, 5) is 11.2. The summed E-state index contributed by atoms with van der Waals surface area (Å²) in [6.45, 7) is 3.71. The van der Waals surface area contributed by atoms with Gasteiger partial charge in [0, 0.05) is 25.0 Å². The summed E-state index contributed by atoms with van der Waals surface area (Å²) in [5, 5.41) is 3.31. The molecule has 5 heteroatoms. The van der Waals surface area contributed by atoms with Gasteiger partial charge in [0.1, 0.15) is 11.6 Å². The Morgan fingerprint density at radius 2 is 1.88 bits per heavy atom. The highest BCUT2D eigenvalue weighted by molar-refractivity contribution is 5.60. The van der Waals surface area contributed by atoms with Crippen molar-refractivity contribution < 1.29 is 4.74 Å². The number of ether oxygens (including phenoxy) is 1. The molecule has 0 spiro atoms. The Kier molecular flexibility index (Phi) is 6.04. The summed E-state index contributed by atoms with van der Waals surface area (Å²) in [5.74, 6) is 2.40. The Morgan fingerprint density at radius 1 is 1.04 bits per heavy atom. The zero-order valence-corrected chi connectivity index (χ0v) is 15.2. The second-order valence-corrected chi connectivity index (χ2v) is 5.85. The van der Waals surface area contributed by atoms with Crippen molar-refractivity contribution in [2.24, 2.45) is 0 Å². The zero-order chi connectivity index (χ0) is 18.2. The minimum atomic E-state index is 0.639. The fourth-order valence-electron chi connectivity index (χ4n) is 2.82. The van der Waals surface area contributed by atoms with Crippen LogP contribution in [0.3, 0.4) is 0 Å². The molecule has 1 heterocycles. The van der Waals surface area contributed by atoms with Gasteiger partial charge in [-0.1, -0.05) is 30.3 Å². The van der Waals surface area contributed by atoms with E-state index >= 15 is 0 Å². The molecule has 1 aromatic heterocycles. The van der Waals surface area contributed by atoms with Crippen LogP contribution in [-0.2, 0) is 6.42 Å². The second kappa shape index (κ2) is 8.85. The standard InChI is InChI=1S/C21H24N4O/c1-3-25(18-9-5-4-6-10-18)20-13-15-23-21(24-20)22-14-12-17-8-7-11-19(16-17)26-2/h4-11,13,15-16H,3,12,14H2,1-2H3,(H,22,23,24). The predicted molar refractivity (Wildman–Crippen MR) is 106 cm³/mol. The lowest BCUT2D eigenvalue weighted by molar-refractivity contribution is 0.414. The van der Waals surface area contributed by atoms with E-state index in [-0.39, 0.29) is 0 Å². The summed E-state index contributed by atoms with van der Waals surface area (Å²) < 4.78 is 5.27. The summed E-state index contributed by atoms with van der Waals surface area (Å²) in [6.07, 6.45) is 2.67. The SMILES string of the molecule is CCN(c1ccccc1)c1ccnc(NCCc2cccc(OC)c2)n1. The van der Waals surface area contributed by atoms with E-state index in [9.17, 15) is 0 Å². The van der Waals surface area contributed by atoms with E-state index in [1.54, 1.807) is 13.3 Å². The fraction of sp³-hybridized carbons (Fsp3) is 0.238. The number of nitrogens with one attached hydrogen (secondary N) is 1. The zero-order valence-electron chi connectivity index (χ0n) is 15.2. The van der Waals surface area contributed by atoms with E-state index in [1.807, 2.05) is 42.5 Å². The summed E-state index contributed by atoms with van der Waals surface area (Å²) in [5.41, 5.74) is 2.34. The first-order chi connectivity index (χ1) is 12.8. The van der Waals surface area contributed by atoms with Crippen molar-refractivity contribution in [3.05, 3.63) is 72.4 Å². The van der Waals surface area contributed by atoms with Crippen molar-refractivity contribution in [2.45, 2.75) is 13.3 Å². The summed E-state index contributed by atoms with van der Waals surface area (Å²) >= 11 is 0. The number of nitrogens with zero attached hydrogens (tertiary/aromatic N) is 3. The van der Waals surface area contributed by atoms with Crippen LogP contribution in [0.25, 0.3) is 0 Å². The molecule has 0 amide bonds. The molecule has 0 radical (unpaired) electrons. The van der Waals surface area contributed by atoms with Gasteiger partial charge in [-0.15, -0.1) is 0 Å². The first-order valence-electron chi connectivity index (χ1n) is 8.82. The first kappa shape index (κ1) is 17.7. The average Bonchev–Trinajstić information content (AvgIpc) is 2.70. The van der Waals surface area contributed by atoms with Crippen molar-refractivity contribution in [3.63, 3.8) is 0 Å². The summed E-state index contributed by atoms with van der Waals surface area (Å²) in [7, 11) is 1.68. The van der Waals surface area contributed by atoms with Crippen molar-refractivity contribution in [3.8, 4) is 5.75 Å². The molecule has 0 atom stereocenters. The van der Waals surface area contributed by atoms with Crippen LogP contribution in [0.1, 0.15) is 12.5 Å². The highest BCUT2D eigenvalue weighted by Gasteiger charge is 2.09. The van der Waals surface area contributed by atoms with Gasteiger partial charge >= 0.3 is 0 Å². The fourth-order valence-corrected chi connectivity index (χ4v) is 2.82. The van der Waals surface area contributed by atoms with Gasteiger partial charge in [0.15, 0.2) is 0 Å². The normalized spacial score (nSPS) is 10.4. The third kappa shape index (κ3) is 4.51. The van der Waals surface area contributed by atoms with Crippen molar-refractivity contribution in [1.82, 2.24) is 9.97 Å². The van der Waals surface area contributed by atoms with Crippen LogP contribution < -0.4 is 15.0 Å². The van der Waals surface area contributed by atoms with Crippen LogP contribution >= 0.6 is 0 Å². The molecule has 1 N–H and O–H groups in total. The molecule has 3 rings (SSSR count). The van der Waals surface area contributed by atoms with Crippen LogP contribution in [0.2, 0.25) is 0 Å². The number of hydrogen-bond donors (Lipinski definition) is 1. The maximum atomic E-state index is 5.27. The Hall–Kier alpha value is -3.08. The number of benzene rings is 2. The first-order valence-corrected chi connectivity index (χ1v) is 8.82. The molecular formula is C21H24N4O. The van der Waals surface area contributed by atoms with Crippen LogP contribution in [0, 0.1) is 0 Å². The number of aromatic nitrogens is 2. The minimum absolute atomic E-state index is 0.639. The maximum absolute atomic E-state index is 5.27. The van der Waals surface area contributed by atoms with Crippen LogP contribution in [0.5, 0.6) is 5.75 Å². The lowest BCUT2D eigenvalue weighted by Crippen LogP contribution is -2.18. The van der Waals surface area contributed by atoms with Crippen LogP contribution in [-0.4, -0.2) is 30.2 Å². The maximum Gasteiger partial charge on any atom is 0.224 e. The van der Waals surface area contributed by atoms with E-state index in [2.05, 4.69) is 45.3 Å². The number of hydrogen-bond acceptors (Lipinski definition) is 5. The van der Waals surface area contributed by atoms with E-state index < -0.39 is 0 Å². The molecule has 2 aromatic carbocycles. The molecule has 5 nitrogen and oxygen atoms in total. The van der Waals surface area contributed by atoms with E-state index in [4.69, 9.17) is 4.74 Å². The Balaban J connectivity index is 1.65. The average molecular weight is 348 g/mol. The molecule has 0 fully saturated rings. The molecular weight excluding hydrogens is 324 g/mol.